The fourth-order valence-electron chi connectivity index (χ4n) is 3.46. The molecule has 0 spiro atoms. The summed E-state index contributed by atoms with van der Waals surface area (Å²) in [6, 6.07) is 12.4. The molecule has 1 aromatic carbocycles. The molecular weight excluding hydrogens is 412 g/mol. The third kappa shape index (κ3) is 7.81. The number of aliphatic hydroxyl groups is 1. The second-order valence-electron chi connectivity index (χ2n) is 7.56. The normalized spacial score (nSPS) is 17.2. The molecule has 31 heavy (non-hydrogen) atoms. The van der Waals surface area contributed by atoms with Crippen molar-refractivity contribution in [1.82, 2.24) is 15.5 Å². The Hall–Kier alpha value is -2.13. The van der Waals surface area contributed by atoms with E-state index in [0.717, 1.165) is 50.7 Å². The predicted octanol–water partition coefficient (Wildman–Crippen LogP) is 2.42. The first-order valence-corrected chi connectivity index (χ1v) is 11.8. The van der Waals surface area contributed by atoms with E-state index in [1.54, 1.807) is 11.3 Å². The lowest BCUT2D eigenvalue weighted by molar-refractivity contribution is 0.0177. The van der Waals surface area contributed by atoms with Gasteiger partial charge in [-0.05, 0) is 43.0 Å². The van der Waals surface area contributed by atoms with E-state index in [1.807, 2.05) is 38.1 Å². The molecule has 1 aliphatic rings. The van der Waals surface area contributed by atoms with Crippen molar-refractivity contribution in [1.29, 1.82) is 0 Å². The van der Waals surface area contributed by atoms with Gasteiger partial charge in [0.2, 0.25) is 0 Å². The van der Waals surface area contributed by atoms with Gasteiger partial charge in [0, 0.05) is 31.1 Å². The summed E-state index contributed by atoms with van der Waals surface area (Å²) in [5.74, 6) is 1.46. The van der Waals surface area contributed by atoms with Gasteiger partial charge in [0.05, 0.1) is 25.8 Å². The van der Waals surface area contributed by atoms with Crippen LogP contribution in [-0.2, 0) is 4.74 Å². The number of hydrogen-bond acceptors (Lipinski definition) is 6. The topological polar surface area (TPSA) is 78.4 Å². The van der Waals surface area contributed by atoms with Crippen LogP contribution >= 0.6 is 11.3 Å². The minimum Gasteiger partial charge on any atom is -0.491 e. The van der Waals surface area contributed by atoms with Crippen LogP contribution in [0.15, 0.2) is 46.8 Å². The second-order valence-corrected chi connectivity index (χ2v) is 8.54. The third-order valence-electron chi connectivity index (χ3n) is 5.06. The summed E-state index contributed by atoms with van der Waals surface area (Å²) in [5.41, 5.74) is 1.13. The summed E-state index contributed by atoms with van der Waals surface area (Å²) in [6.07, 6.45) is -0.677. The fraction of sp³-hybridized carbons (Fsp3) is 0.522. The van der Waals surface area contributed by atoms with Crippen LogP contribution in [0.3, 0.4) is 0 Å². The molecule has 8 heteroatoms. The molecule has 0 aliphatic carbocycles. The Balaban J connectivity index is 1.53. The Bertz CT molecular complexity index is 794. The lowest BCUT2D eigenvalue weighted by Gasteiger charge is -2.34. The Morgan fingerprint density at radius 1 is 1.26 bits per heavy atom. The van der Waals surface area contributed by atoms with Crippen LogP contribution in [-0.4, -0.2) is 74.6 Å². The van der Waals surface area contributed by atoms with Crippen LogP contribution in [0.4, 0.5) is 0 Å². The number of nitrogens with one attached hydrogen (secondary N) is 2. The predicted molar refractivity (Wildman–Crippen MR) is 126 cm³/mol. The monoisotopic (exact) mass is 446 g/mol. The van der Waals surface area contributed by atoms with E-state index >= 15 is 0 Å². The van der Waals surface area contributed by atoms with Crippen molar-refractivity contribution in [3.05, 3.63) is 52.2 Å². The zero-order valence-corrected chi connectivity index (χ0v) is 19.2. The summed E-state index contributed by atoms with van der Waals surface area (Å²) in [4.78, 5) is 8.35. The minimum atomic E-state index is -0.677. The van der Waals surface area contributed by atoms with Gasteiger partial charge in [-0.25, -0.2) is 0 Å². The maximum atomic E-state index is 10.3. The maximum absolute atomic E-state index is 10.3. The second kappa shape index (κ2) is 12.7. The molecule has 2 heterocycles. The number of rotatable bonds is 10. The molecular formula is C23H34N4O3S. The number of thiophene rings is 1. The highest BCUT2D eigenvalue weighted by Crippen LogP contribution is 2.25. The SMILES string of the molecule is CCNC(=NCC(O)COc1cccc(C)c1)NCC(c1cccs1)N1CCOCC1. The first-order chi connectivity index (χ1) is 15.2. The molecule has 1 aromatic heterocycles. The highest BCUT2D eigenvalue weighted by Gasteiger charge is 2.23. The van der Waals surface area contributed by atoms with Crippen molar-refractivity contribution in [2.24, 2.45) is 4.99 Å². The van der Waals surface area contributed by atoms with E-state index in [1.165, 1.54) is 4.88 Å². The van der Waals surface area contributed by atoms with Gasteiger partial charge in [0.1, 0.15) is 18.5 Å². The molecule has 2 atom stereocenters. The Kier molecular flexibility index (Phi) is 9.61. The molecule has 0 radical (unpaired) electrons. The van der Waals surface area contributed by atoms with Gasteiger partial charge in [0.25, 0.3) is 0 Å². The lowest BCUT2D eigenvalue weighted by Crippen LogP contribution is -2.46. The summed E-state index contributed by atoms with van der Waals surface area (Å²) in [6.45, 7) is 9.40. The highest BCUT2D eigenvalue weighted by molar-refractivity contribution is 7.10. The molecule has 0 saturated carbocycles. The van der Waals surface area contributed by atoms with E-state index in [4.69, 9.17) is 9.47 Å². The number of morpholine rings is 1. The smallest absolute Gasteiger partial charge is 0.191 e. The minimum absolute atomic E-state index is 0.206. The Morgan fingerprint density at radius 3 is 2.81 bits per heavy atom. The van der Waals surface area contributed by atoms with E-state index < -0.39 is 6.10 Å². The van der Waals surface area contributed by atoms with Gasteiger partial charge in [-0.15, -0.1) is 11.3 Å². The number of ether oxygens (including phenoxy) is 2. The number of benzene rings is 1. The summed E-state index contributed by atoms with van der Waals surface area (Å²) in [5, 5.41) is 19.2. The number of aliphatic imine (C=N–C) groups is 1. The van der Waals surface area contributed by atoms with Crippen LogP contribution in [0.2, 0.25) is 0 Å². The van der Waals surface area contributed by atoms with Crippen molar-refractivity contribution in [2.75, 3.05) is 52.5 Å². The van der Waals surface area contributed by atoms with Crippen molar-refractivity contribution in [3.8, 4) is 5.75 Å². The van der Waals surface area contributed by atoms with Crippen molar-refractivity contribution < 1.29 is 14.6 Å². The third-order valence-corrected chi connectivity index (χ3v) is 6.03. The van der Waals surface area contributed by atoms with Gasteiger partial charge in [-0.3, -0.25) is 9.89 Å². The summed E-state index contributed by atoms with van der Waals surface area (Å²) >= 11 is 1.77. The molecule has 2 aromatic rings. The van der Waals surface area contributed by atoms with Crippen molar-refractivity contribution in [2.45, 2.75) is 26.0 Å². The maximum Gasteiger partial charge on any atom is 0.191 e. The van der Waals surface area contributed by atoms with E-state index in [2.05, 4.69) is 38.0 Å². The molecule has 3 rings (SSSR count). The average Bonchev–Trinajstić information content (AvgIpc) is 3.31. The first kappa shape index (κ1) is 23.5. The van der Waals surface area contributed by atoms with E-state index in [9.17, 15) is 5.11 Å². The highest BCUT2D eigenvalue weighted by atomic mass is 32.1. The molecule has 1 fully saturated rings. The number of aryl methyl sites for hydroxylation is 1. The van der Waals surface area contributed by atoms with Gasteiger partial charge in [-0.2, -0.15) is 0 Å². The zero-order valence-electron chi connectivity index (χ0n) is 18.4. The zero-order chi connectivity index (χ0) is 21.9. The van der Waals surface area contributed by atoms with Crippen LogP contribution in [0.25, 0.3) is 0 Å². The molecule has 1 saturated heterocycles. The number of guanidine groups is 1. The lowest BCUT2D eigenvalue weighted by atomic mass is 10.2. The Labute approximate surface area is 189 Å². The van der Waals surface area contributed by atoms with Crippen LogP contribution in [0.5, 0.6) is 5.75 Å². The fourth-order valence-corrected chi connectivity index (χ4v) is 4.32. The van der Waals surface area contributed by atoms with Gasteiger partial charge >= 0.3 is 0 Å². The van der Waals surface area contributed by atoms with Crippen molar-refractivity contribution >= 4 is 17.3 Å². The molecule has 0 bridgehead atoms. The molecule has 3 N–H and O–H groups in total. The standard InChI is InChI=1S/C23H34N4O3S/c1-3-24-23(25-15-19(28)17-30-20-7-4-6-18(2)14-20)26-16-21(22-8-5-13-31-22)27-9-11-29-12-10-27/h4-8,13-14,19,21,28H,3,9-12,15-17H2,1-2H3,(H2,24,25,26). The largest absolute Gasteiger partial charge is 0.491 e. The van der Waals surface area contributed by atoms with Gasteiger partial charge in [-0.1, -0.05) is 18.2 Å². The molecule has 2 unspecified atom stereocenters. The van der Waals surface area contributed by atoms with E-state index in [0.29, 0.717) is 5.96 Å². The molecule has 170 valence electrons. The van der Waals surface area contributed by atoms with Crippen LogP contribution in [0, 0.1) is 6.92 Å². The molecule has 7 nitrogen and oxygen atoms in total. The quantitative estimate of drug-likeness (QED) is 0.384. The first-order valence-electron chi connectivity index (χ1n) is 10.9. The molecule has 0 amide bonds. The summed E-state index contributed by atoms with van der Waals surface area (Å²) in [7, 11) is 0. The molecule has 1 aliphatic heterocycles. The number of nitrogens with zero attached hydrogens (tertiary/aromatic N) is 2. The van der Waals surface area contributed by atoms with E-state index in [-0.39, 0.29) is 19.2 Å². The Morgan fingerprint density at radius 2 is 2.10 bits per heavy atom. The summed E-state index contributed by atoms with van der Waals surface area (Å²) < 4.78 is 11.2. The van der Waals surface area contributed by atoms with Crippen LogP contribution in [0.1, 0.15) is 23.4 Å². The number of hydrogen-bond donors (Lipinski definition) is 3. The number of aliphatic hydroxyl groups excluding tert-OH is 1. The average molecular weight is 447 g/mol. The van der Waals surface area contributed by atoms with Crippen molar-refractivity contribution in [3.63, 3.8) is 0 Å². The van der Waals surface area contributed by atoms with Gasteiger partial charge in [0.15, 0.2) is 5.96 Å². The van der Waals surface area contributed by atoms with Crippen LogP contribution < -0.4 is 15.4 Å². The van der Waals surface area contributed by atoms with Gasteiger partial charge < -0.3 is 25.2 Å².